The number of nitrogens with zero attached hydrogens (tertiary/aromatic N) is 3. The molecule has 0 radical (unpaired) electrons. The maximum atomic E-state index is 12.7. The SMILES string of the molecule is C[C@H]1CO[C@H](c2ccccc2Cl)CN1C(=O)CCc1cncn1C. The molecule has 128 valence electrons. The van der Waals surface area contributed by atoms with E-state index >= 15 is 0 Å². The largest absolute Gasteiger partial charge is 0.369 e. The van der Waals surface area contributed by atoms with Crippen LogP contribution in [0.2, 0.25) is 5.02 Å². The minimum Gasteiger partial charge on any atom is -0.369 e. The van der Waals surface area contributed by atoms with E-state index in [0.29, 0.717) is 31.0 Å². The first kappa shape index (κ1) is 17.0. The Morgan fingerprint density at radius 2 is 2.21 bits per heavy atom. The summed E-state index contributed by atoms with van der Waals surface area (Å²) in [6, 6.07) is 7.72. The molecule has 0 aliphatic carbocycles. The van der Waals surface area contributed by atoms with Gasteiger partial charge in [0.15, 0.2) is 0 Å². The average molecular weight is 348 g/mol. The van der Waals surface area contributed by atoms with Crippen LogP contribution in [0, 0.1) is 0 Å². The number of amides is 1. The minimum absolute atomic E-state index is 0.0720. The molecule has 5 nitrogen and oxygen atoms in total. The quantitative estimate of drug-likeness (QED) is 0.854. The van der Waals surface area contributed by atoms with E-state index in [4.69, 9.17) is 16.3 Å². The van der Waals surface area contributed by atoms with E-state index in [9.17, 15) is 4.79 Å². The average Bonchev–Trinajstić information content (AvgIpc) is 2.99. The summed E-state index contributed by atoms with van der Waals surface area (Å²) >= 11 is 6.27. The Kier molecular flexibility index (Phi) is 5.21. The topological polar surface area (TPSA) is 47.4 Å². The molecule has 1 aliphatic heterocycles. The van der Waals surface area contributed by atoms with E-state index in [1.165, 1.54) is 0 Å². The smallest absolute Gasteiger partial charge is 0.223 e. The molecule has 24 heavy (non-hydrogen) atoms. The van der Waals surface area contributed by atoms with Crippen LogP contribution in [0.5, 0.6) is 0 Å². The molecule has 1 saturated heterocycles. The van der Waals surface area contributed by atoms with Gasteiger partial charge in [-0.05, 0) is 19.4 Å². The number of imidazole rings is 1. The lowest BCUT2D eigenvalue weighted by Crippen LogP contribution is -2.48. The molecule has 1 aromatic heterocycles. The van der Waals surface area contributed by atoms with Gasteiger partial charge in [-0.15, -0.1) is 0 Å². The van der Waals surface area contributed by atoms with Gasteiger partial charge < -0.3 is 14.2 Å². The monoisotopic (exact) mass is 347 g/mol. The van der Waals surface area contributed by atoms with Crippen molar-refractivity contribution >= 4 is 17.5 Å². The van der Waals surface area contributed by atoms with Gasteiger partial charge in [-0.25, -0.2) is 4.98 Å². The zero-order valence-electron chi connectivity index (χ0n) is 14.0. The van der Waals surface area contributed by atoms with Gasteiger partial charge in [0.1, 0.15) is 6.10 Å². The van der Waals surface area contributed by atoms with Crippen molar-refractivity contribution in [1.29, 1.82) is 0 Å². The molecule has 1 aromatic carbocycles. The van der Waals surface area contributed by atoms with Gasteiger partial charge in [0.25, 0.3) is 0 Å². The maximum absolute atomic E-state index is 12.7. The van der Waals surface area contributed by atoms with Gasteiger partial charge >= 0.3 is 0 Å². The first-order chi connectivity index (χ1) is 11.6. The third-order valence-electron chi connectivity index (χ3n) is 4.52. The van der Waals surface area contributed by atoms with Crippen molar-refractivity contribution < 1.29 is 9.53 Å². The molecule has 0 bridgehead atoms. The van der Waals surface area contributed by atoms with Crippen molar-refractivity contribution in [2.75, 3.05) is 13.2 Å². The highest BCUT2D eigenvalue weighted by molar-refractivity contribution is 6.31. The Bertz CT molecular complexity index is 716. The van der Waals surface area contributed by atoms with Crippen LogP contribution >= 0.6 is 11.6 Å². The van der Waals surface area contributed by atoms with E-state index in [2.05, 4.69) is 4.98 Å². The lowest BCUT2D eigenvalue weighted by atomic mass is 10.1. The standard InChI is InChI=1S/C18H22ClN3O2/c1-13-11-24-17(15-5-3-4-6-16(15)19)10-22(13)18(23)8-7-14-9-20-12-21(14)2/h3-6,9,12-13,17H,7-8,10-11H2,1-2H3/t13-,17-/m0/s1. The Hall–Kier alpha value is -1.85. The second-order valence-corrected chi connectivity index (χ2v) is 6.64. The molecule has 2 heterocycles. The molecule has 0 spiro atoms. The summed E-state index contributed by atoms with van der Waals surface area (Å²) < 4.78 is 7.86. The number of morpholine rings is 1. The fourth-order valence-corrected chi connectivity index (χ4v) is 3.29. The van der Waals surface area contributed by atoms with E-state index in [1.54, 1.807) is 6.33 Å². The second kappa shape index (κ2) is 7.36. The van der Waals surface area contributed by atoms with E-state index in [1.807, 2.05) is 53.9 Å². The van der Waals surface area contributed by atoms with Crippen molar-refractivity contribution in [3.8, 4) is 0 Å². The van der Waals surface area contributed by atoms with Gasteiger partial charge in [0, 0.05) is 35.9 Å². The van der Waals surface area contributed by atoms with E-state index in [-0.39, 0.29) is 18.1 Å². The predicted octanol–water partition coefficient (Wildman–Crippen LogP) is 2.99. The predicted molar refractivity (Wildman–Crippen MR) is 92.8 cm³/mol. The molecule has 0 N–H and O–H groups in total. The summed E-state index contributed by atoms with van der Waals surface area (Å²) in [5.74, 6) is 0.143. The number of ether oxygens (including phenoxy) is 1. The summed E-state index contributed by atoms with van der Waals surface area (Å²) in [6.45, 7) is 3.08. The normalized spacial score (nSPS) is 21.0. The van der Waals surface area contributed by atoms with E-state index in [0.717, 1.165) is 11.3 Å². The van der Waals surface area contributed by atoms with Crippen molar-refractivity contribution in [1.82, 2.24) is 14.5 Å². The first-order valence-electron chi connectivity index (χ1n) is 8.17. The molecular formula is C18H22ClN3O2. The fourth-order valence-electron chi connectivity index (χ4n) is 3.03. The number of hydrogen-bond donors (Lipinski definition) is 0. The fraction of sp³-hybridized carbons (Fsp3) is 0.444. The van der Waals surface area contributed by atoms with Crippen LogP contribution < -0.4 is 0 Å². The van der Waals surface area contributed by atoms with Gasteiger partial charge in [-0.1, -0.05) is 29.8 Å². The lowest BCUT2D eigenvalue weighted by molar-refractivity contribution is -0.144. The van der Waals surface area contributed by atoms with Crippen molar-refractivity contribution in [2.24, 2.45) is 7.05 Å². The molecule has 3 rings (SSSR count). The Balaban J connectivity index is 1.66. The second-order valence-electron chi connectivity index (χ2n) is 6.23. The number of aryl methyl sites for hydroxylation is 2. The maximum Gasteiger partial charge on any atom is 0.223 e. The molecule has 0 unspecified atom stereocenters. The van der Waals surface area contributed by atoms with Gasteiger partial charge in [-0.2, -0.15) is 0 Å². The van der Waals surface area contributed by atoms with Crippen molar-refractivity contribution in [2.45, 2.75) is 31.9 Å². The van der Waals surface area contributed by atoms with Gasteiger partial charge in [-0.3, -0.25) is 4.79 Å². The highest BCUT2D eigenvalue weighted by Gasteiger charge is 2.31. The van der Waals surface area contributed by atoms with E-state index < -0.39 is 0 Å². The van der Waals surface area contributed by atoms with Crippen LogP contribution in [-0.2, 0) is 23.0 Å². The van der Waals surface area contributed by atoms with Gasteiger partial charge in [0.05, 0.1) is 25.5 Å². The number of benzene rings is 1. The molecule has 1 amide bonds. The lowest BCUT2D eigenvalue weighted by Gasteiger charge is -2.38. The number of rotatable bonds is 4. The summed E-state index contributed by atoms with van der Waals surface area (Å²) in [5, 5.41) is 0.680. The third kappa shape index (κ3) is 3.62. The summed E-state index contributed by atoms with van der Waals surface area (Å²) in [6.07, 6.45) is 4.55. The zero-order chi connectivity index (χ0) is 17.1. The number of carbonyl (C=O) groups excluding carboxylic acids is 1. The number of halogens is 1. The van der Waals surface area contributed by atoms with Crippen LogP contribution in [0.3, 0.4) is 0 Å². The van der Waals surface area contributed by atoms with Crippen LogP contribution in [0.4, 0.5) is 0 Å². The first-order valence-corrected chi connectivity index (χ1v) is 8.54. The van der Waals surface area contributed by atoms with Crippen LogP contribution in [0.1, 0.15) is 30.7 Å². The minimum atomic E-state index is -0.171. The molecule has 2 aromatic rings. The number of aromatic nitrogens is 2. The summed E-state index contributed by atoms with van der Waals surface area (Å²) in [7, 11) is 1.94. The molecule has 0 saturated carbocycles. The van der Waals surface area contributed by atoms with Crippen LogP contribution in [-0.4, -0.2) is 39.6 Å². The zero-order valence-corrected chi connectivity index (χ0v) is 14.7. The van der Waals surface area contributed by atoms with Crippen molar-refractivity contribution in [3.05, 3.63) is 53.1 Å². The number of hydrogen-bond acceptors (Lipinski definition) is 3. The Morgan fingerprint density at radius 3 is 2.92 bits per heavy atom. The highest BCUT2D eigenvalue weighted by atomic mass is 35.5. The molecule has 6 heteroatoms. The van der Waals surface area contributed by atoms with Gasteiger partial charge in [0.2, 0.25) is 5.91 Å². The molecule has 1 aliphatic rings. The van der Waals surface area contributed by atoms with Crippen LogP contribution in [0.25, 0.3) is 0 Å². The van der Waals surface area contributed by atoms with Crippen LogP contribution in [0.15, 0.2) is 36.8 Å². The number of carbonyl (C=O) groups is 1. The molecule has 2 atom stereocenters. The van der Waals surface area contributed by atoms with Crippen molar-refractivity contribution in [3.63, 3.8) is 0 Å². The molecular weight excluding hydrogens is 326 g/mol. The highest BCUT2D eigenvalue weighted by Crippen LogP contribution is 2.30. The summed E-state index contributed by atoms with van der Waals surface area (Å²) in [5.41, 5.74) is 2.00. The Labute approximate surface area is 147 Å². The Morgan fingerprint density at radius 1 is 1.42 bits per heavy atom. The summed E-state index contributed by atoms with van der Waals surface area (Å²) in [4.78, 5) is 18.7. The third-order valence-corrected chi connectivity index (χ3v) is 4.86. The molecule has 1 fully saturated rings.